The van der Waals surface area contributed by atoms with Crippen molar-refractivity contribution in [1.82, 2.24) is 14.7 Å². The molecule has 1 aromatic carbocycles. The maximum Gasteiger partial charge on any atom is 0.346 e. The molecule has 0 saturated carbocycles. The van der Waals surface area contributed by atoms with Gasteiger partial charge in [0, 0.05) is 6.54 Å². The minimum atomic E-state index is -0.409. The van der Waals surface area contributed by atoms with Gasteiger partial charge in [0.25, 0.3) is 0 Å². The van der Waals surface area contributed by atoms with Crippen LogP contribution < -0.4 is 0 Å². The van der Waals surface area contributed by atoms with Gasteiger partial charge < -0.3 is 10.1 Å². The van der Waals surface area contributed by atoms with E-state index < -0.39 is 4.92 Å². The minimum Gasteiger partial charge on any atom is -0.358 e. The van der Waals surface area contributed by atoms with Crippen molar-refractivity contribution in [3.05, 3.63) is 57.8 Å². The molecule has 2 aromatic rings. The summed E-state index contributed by atoms with van der Waals surface area (Å²) in [7, 11) is 0. The van der Waals surface area contributed by atoms with E-state index in [2.05, 4.69) is 35.1 Å². The lowest BCUT2D eigenvalue weighted by Crippen LogP contribution is -2.27. The molecule has 0 radical (unpaired) electrons. The van der Waals surface area contributed by atoms with Crippen LogP contribution in [-0.4, -0.2) is 26.1 Å². The molecule has 0 bridgehead atoms. The Morgan fingerprint density at radius 3 is 2.85 bits per heavy atom. The molecular formula is C14H18N4O2. The van der Waals surface area contributed by atoms with Crippen LogP contribution in [0.3, 0.4) is 0 Å². The molecule has 6 nitrogen and oxygen atoms in total. The van der Waals surface area contributed by atoms with Gasteiger partial charge in [0.1, 0.15) is 0 Å². The largest absolute Gasteiger partial charge is 0.358 e. The van der Waals surface area contributed by atoms with Gasteiger partial charge >= 0.3 is 5.82 Å². The third kappa shape index (κ3) is 3.42. The molecule has 0 fully saturated rings. The van der Waals surface area contributed by atoms with Gasteiger partial charge in [-0.2, -0.15) is 0 Å². The Balaban J connectivity index is 2.09. The SMILES string of the molecule is CCN(Cc1cccc(C)c1)Cn1nccc1[N+](=O)[O-]. The summed E-state index contributed by atoms with van der Waals surface area (Å²) in [5.41, 5.74) is 2.41. The summed E-state index contributed by atoms with van der Waals surface area (Å²) < 4.78 is 1.42. The average Bonchev–Trinajstić information content (AvgIpc) is 2.86. The molecule has 1 aromatic heterocycles. The Bertz CT molecular complexity index is 594. The highest BCUT2D eigenvalue weighted by Gasteiger charge is 2.16. The number of aromatic nitrogens is 2. The van der Waals surface area contributed by atoms with E-state index in [9.17, 15) is 10.1 Å². The molecule has 0 aliphatic carbocycles. The summed E-state index contributed by atoms with van der Waals surface area (Å²) in [5.74, 6) is 0.0210. The van der Waals surface area contributed by atoms with Crippen LogP contribution >= 0.6 is 0 Å². The lowest BCUT2D eigenvalue weighted by molar-refractivity contribution is -0.393. The first kappa shape index (κ1) is 14.2. The Hall–Kier alpha value is -2.21. The fraction of sp³-hybridized carbons (Fsp3) is 0.357. The zero-order valence-electron chi connectivity index (χ0n) is 11.7. The molecular weight excluding hydrogens is 256 g/mol. The van der Waals surface area contributed by atoms with Gasteiger partial charge in [-0.05, 0) is 24.0 Å². The Morgan fingerprint density at radius 2 is 2.20 bits per heavy atom. The summed E-state index contributed by atoms with van der Waals surface area (Å²) >= 11 is 0. The third-order valence-corrected chi connectivity index (χ3v) is 3.15. The number of nitrogens with zero attached hydrogens (tertiary/aromatic N) is 4. The van der Waals surface area contributed by atoms with Gasteiger partial charge in [0.15, 0.2) is 6.67 Å². The zero-order chi connectivity index (χ0) is 14.5. The van der Waals surface area contributed by atoms with Gasteiger partial charge in [-0.25, -0.2) is 0 Å². The highest BCUT2D eigenvalue weighted by Crippen LogP contribution is 2.13. The van der Waals surface area contributed by atoms with Gasteiger partial charge in [-0.1, -0.05) is 41.9 Å². The molecule has 20 heavy (non-hydrogen) atoms. The Labute approximate surface area is 117 Å². The molecule has 0 aliphatic heterocycles. The number of benzene rings is 1. The Morgan fingerprint density at radius 1 is 1.40 bits per heavy atom. The predicted molar refractivity (Wildman–Crippen MR) is 76.1 cm³/mol. The van der Waals surface area contributed by atoms with Crippen molar-refractivity contribution in [2.75, 3.05) is 6.54 Å². The summed E-state index contributed by atoms with van der Waals surface area (Å²) in [6.45, 7) is 6.04. The van der Waals surface area contributed by atoms with Gasteiger partial charge in [-0.3, -0.25) is 4.90 Å². The monoisotopic (exact) mass is 274 g/mol. The van der Waals surface area contributed by atoms with Crippen LogP contribution in [0.1, 0.15) is 18.1 Å². The van der Waals surface area contributed by atoms with E-state index in [-0.39, 0.29) is 5.82 Å². The van der Waals surface area contributed by atoms with Crippen LogP contribution in [0.15, 0.2) is 36.5 Å². The average molecular weight is 274 g/mol. The maximum atomic E-state index is 10.9. The second kappa shape index (κ2) is 6.29. The number of aryl methyl sites for hydroxylation is 1. The van der Waals surface area contributed by atoms with Gasteiger partial charge in [0.2, 0.25) is 0 Å². The highest BCUT2D eigenvalue weighted by atomic mass is 16.6. The van der Waals surface area contributed by atoms with Crippen molar-refractivity contribution in [2.24, 2.45) is 0 Å². The minimum absolute atomic E-state index is 0.0210. The topological polar surface area (TPSA) is 64.2 Å². The van der Waals surface area contributed by atoms with Crippen LogP contribution in [0.25, 0.3) is 0 Å². The molecule has 0 atom stereocenters. The number of rotatable bonds is 6. The van der Waals surface area contributed by atoms with Crippen molar-refractivity contribution >= 4 is 5.82 Å². The molecule has 0 spiro atoms. The second-order valence-electron chi connectivity index (χ2n) is 4.72. The number of hydrogen-bond donors (Lipinski definition) is 0. The Kier molecular flexibility index (Phi) is 4.47. The maximum absolute atomic E-state index is 10.9. The third-order valence-electron chi connectivity index (χ3n) is 3.15. The standard InChI is InChI=1S/C14H18N4O2/c1-3-16(10-13-6-4-5-12(2)9-13)11-17-14(18(19)20)7-8-15-17/h4-9H,3,10-11H2,1-2H3. The van der Waals surface area contributed by atoms with Gasteiger partial charge in [-0.15, -0.1) is 4.68 Å². The first-order chi connectivity index (χ1) is 9.60. The molecule has 0 N–H and O–H groups in total. The summed E-state index contributed by atoms with van der Waals surface area (Å²) in [4.78, 5) is 12.6. The van der Waals surface area contributed by atoms with Crippen molar-refractivity contribution < 1.29 is 4.92 Å². The van der Waals surface area contributed by atoms with Crippen LogP contribution in [0.5, 0.6) is 0 Å². The van der Waals surface area contributed by atoms with Crippen molar-refractivity contribution in [2.45, 2.75) is 27.1 Å². The molecule has 0 amide bonds. The van der Waals surface area contributed by atoms with E-state index in [1.54, 1.807) is 0 Å². The molecule has 106 valence electrons. The van der Waals surface area contributed by atoms with E-state index in [0.29, 0.717) is 6.67 Å². The van der Waals surface area contributed by atoms with E-state index in [1.807, 2.05) is 13.0 Å². The molecule has 6 heteroatoms. The van der Waals surface area contributed by atoms with Crippen LogP contribution in [-0.2, 0) is 13.2 Å². The lowest BCUT2D eigenvalue weighted by atomic mass is 10.1. The van der Waals surface area contributed by atoms with Crippen LogP contribution in [0.4, 0.5) is 5.82 Å². The quantitative estimate of drug-likeness (QED) is 0.600. The first-order valence-corrected chi connectivity index (χ1v) is 6.54. The van der Waals surface area contributed by atoms with E-state index in [0.717, 1.165) is 13.1 Å². The normalized spacial score (nSPS) is 10.9. The summed E-state index contributed by atoms with van der Waals surface area (Å²) in [6, 6.07) is 9.68. The van der Waals surface area contributed by atoms with Crippen molar-refractivity contribution in [1.29, 1.82) is 0 Å². The predicted octanol–water partition coefficient (Wildman–Crippen LogP) is 2.58. The van der Waals surface area contributed by atoms with Crippen molar-refractivity contribution in [3.8, 4) is 0 Å². The zero-order valence-corrected chi connectivity index (χ0v) is 11.7. The van der Waals surface area contributed by atoms with Crippen LogP contribution in [0, 0.1) is 17.0 Å². The lowest BCUT2D eigenvalue weighted by Gasteiger charge is -2.18. The van der Waals surface area contributed by atoms with E-state index in [4.69, 9.17) is 0 Å². The van der Waals surface area contributed by atoms with Gasteiger partial charge in [0.05, 0.1) is 12.3 Å². The first-order valence-electron chi connectivity index (χ1n) is 6.54. The second-order valence-corrected chi connectivity index (χ2v) is 4.72. The van der Waals surface area contributed by atoms with E-state index >= 15 is 0 Å². The summed E-state index contributed by atoms with van der Waals surface area (Å²) in [6.07, 6.45) is 1.46. The molecule has 2 rings (SSSR count). The molecule has 0 unspecified atom stereocenters. The molecule has 0 aliphatic rings. The van der Waals surface area contributed by atoms with E-state index in [1.165, 1.54) is 28.1 Å². The number of nitro groups is 1. The highest BCUT2D eigenvalue weighted by molar-refractivity contribution is 5.22. The van der Waals surface area contributed by atoms with Crippen molar-refractivity contribution in [3.63, 3.8) is 0 Å². The molecule has 0 saturated heterocycles. The molecule has 1 heterocycles. The smallest absolute Gasteiger partial charge is 0.346 e. The van der Waals surface area contributed by atoms with Crippen LogP contribution in [0.2, 0.25) is 0 Å². The number of hydrogen-bond acceptors (Lipinski definition) is 4. The summed E-state index contributed by atoms with van der Waals surface area (Å²) in [5, 5.41) is 14.9. The fourth-order valence-corrected chi connectivity index (χ4v) is 2.11. The fourth-order valence-electron chi connectivity index (χ4n) is 2.11.